The molecule has 2 aliphatic rings. The summed E-state index contributed by atoms with van der Waals surface area (Å²) in [5.74, 6) is 0.0591. The van der Waals surface area contributed by atoms with Crippen molar-refractivity contribution in [1.29, 1.82) is 0 Å². The van der Waals surface area contributed by atoms with Crippen molar-refractivity contribution in [2.45, 2.75) is 44.1 Å². The topological polar surface area (TPSA) is 73.7 Å². The van der Waals surface area contributed by atoms with E-state index in [4.69, 9.17) is 0 Å². The van der Waals surface area contributed by atoms with Crippen LogP contribution in [0, 0.1) is 0 Å². The Morgan fingerprint density at radius 2 is 2.04 bits per heavy atom. The zero-order valence-electron chi connectivity index (χ0n) is 14.0. The quantitative estimate of drug-likeness (QED) is 0.873. The number of nitrogens with zero attached hydrogens (tertiary/aromatic N) is 3. The first-order valence-electron chi connectivity index (χ1n) is 8.78. The van der Waals surface area contributed by atoms with Gasteiger partial charge in [0, 0.05) is 37.9 Å². The molecule has 1 aromatic rings. The minimum Gasteiger partial charge on any atom is -0.395 e. The predicted molar refractivity (Wildman–Crippen MR) is 89.1 cm³/mol. The summed E-state index contributed by atoms with van der Waals surface area (Å²) in [4.78, 5) is 33.5. The lowest BCUT2D eigenvalue weighted by Crippen LogP contribution is -2.61. The molecule has 2 amide bonds. The van der Waals surface area contributed by atoms with Crippen LogP contribution >= 0.6 is 0 Å². The van der Waals surface area contributed by atoms with Crippen LogP contribution in [0.15, 0.2) is 24.4 Å². The lowest BCUT2D eigenvalue weighted by atomic mass is 9.85. The van der Waals surface area contributed by atoms with E-state index in [1.807, 2.05) is 23.1 Å². The molecule has 1 aromatic heterocycles. The number of β-amino-alcohol motifs (C(OH)–C–C–N with tert-alkyl or cyclic N) is 1. The number of aromatic nitrogens is 1. The highest BCUT2D eigenvalue weighted by Crippen LogP contribution is 2.38. The van der Waals surface area contributed by atoms with E-state index in [9.17, 15) is 14.7 Å². The minimum absolute atomic E-state index is 0.0199. The van der Waals surface area contributed by atoms with Crippen LogP contribution in [-0.4, -0.2) is 63.5 Å². The second kappa shape index (κ2) is 7.30. The number of amides is 2. The van der Waals surface area contributed by atoms with Crippen molar-refractivity contribution in [2.75, 3.05) is 26.2 Å². The monoisotopic (exact) mass is 331 g/mol. The Morgan fingerprint density at radius 1 is 1.25 bits per heavy atom. The second-order valence-electron chi connectivity index (χ2n) is 6.62. The SMILES string of the molecule is O=C(CCc1ccccn1)N1CCCC12CCCN(CCO)C2=O. The van der Waals surface area contributed by atoms with Crippen LogP contribution in [0.25, 0.3) is 0 Å². The van der Waals surface area contributed by atoms with E-state index in [2.05, 4.69) is 4.98 Å². The molecule has 0 aliphatic carbocycles. The van der Waals surface area contributed by atoms with Gasteiger partial charge in [0.15, 0.2) is 0 Å². The average Bonchev–Trinajstić information content (AvgIpc) is 3.03. The van der Waals surface area contributed by atoms with Crippen molar-refractivity contribution < 1.29 is 14.7 Å². The number of aliphatic hydroxyl groups is 1. The molecule has 0 aromatic carbocycles. The Hall–Kier alpha value is -1.95. The number of carbonyl (C=O) groups excluding carboxylic acids is 2. The maximum absolute atomic E-state index is 12.9. The summed E-state index contributed by atoms with van der Waals surface area (Å²) >= 11 is 0. The van der Waals surface area contributed by atoms with Gasteiger partial charge in [-0.05, 0) is 44.2 Å². The first kappa shape index (κ1) is 16.9. The molecule has 6 nitrogen and oxygen atoms in total. The molecule has 2 aliphatic heterocycles. The molecule has 3 heterocycles. The summed E-state index contributed by atoms with van der Waals surface area (Å²) in [5, 5.41) is 9.17. The van der Waals surface area contributed by atoms with E-state index < -0.39 is 5.54 Å². The van der Waals surface area contributed by atoms with Gasteiger partial charge in [0.25, 0.3) is 0 Å². The number of aliphatic hydroxyl groups excluding tert-OH is 1. The zero-order valence-corrected chi connectivity index (χ0v) is 14.0. The van der Waals surface area contributed by atoms with Gasteiger partial charge in [-0.3, -0.25) is 14.6 Å². The number of piperidine rings is 1. The summed E-state index contributed by atoms with van der Waals surface area (Å²) in [6.07, 6.45) is 5.94. The summed E-state index contributed by atoms with van der Waals surface area (Å²) in [6, 6.07) is 5.70. The average molecular weight is 331 g/mol. The van der Waals surface area contributed by atoms with Gasteiger partial charge in [0.2, 0.25) is 11.8 Å². The first-order chi connectivity index (χ1) is 11.7. The van der Waals surface area contributed by atoms with Gasteiger partial charge in [-0.2, -0.15) is 0 Å². The Balaban J connectivity index is 1.70. The molecule has 130 valence electrons. The molecule has 6 heteroatoms. The molecular weight excluding hydrogens is 306 g/mol. The van der Waals surface area contributed by atoms with E-state index in [0.717, 1.165) is 31.4 Å². The van der Waals surface area contributed by atoms with Gasteiger partial charge in [0.05, 0.1) is 6.61 Å². The normalized spacial score (nSPS) is 24.0. The molecule has 1 unspecified atom stereocenters. The van der Waals surface area contributed by atoms with Gasteiger partial charge >= 0.3 is 0 Å². The highest BCUT2D eigenvalue weighted by Gasteiger charge is 2.52. The maximum Gasteiger partial charge on any atom is 0.248 e. The Morgan fingerprint density at radius 3 is 2.75 bits per heavy atom. The van der Waals surface area contributed by atoms with Crippen LogP contribution in [0.2, 0.25) is 0 Å². The number of pyridine rings is 1. The van der Waals surface area contributed by atoms with Crippen molar-refractivity contribution in [2.24, 2.45) is 0 Å². The molecule has 1 atom stereocenters. The third kappa shape index (κ3) is 3.15. The zero-order chi connectivity index (χ0) is 17.0. The molecule has 3 rings (SSSR count). The van der Waals surface area contributed by atoms with Crippen LogP contribution in [-0.2, 0) is 16.0 Å². The molecule has 0 saturated carbocycles. The minimum atomic E-state index is -0.672. The fourth-order valence-corrected chi connectivity index (χ4v) is 4.04. The molecule has 2 fully saturated rings. The van der Waals surface area contributed by atoms with Gasteiger partial charge < -0.3 is 14.9 Å². The summed E-state index contributed by atoms with van der Waals surface area (Å²) in [7, 11) is 0. The highest BCUT2D eigenvalue weighted by molar-refractivity contribution is 5.92. The lowest BCUT2D eigenvalue weighted by molar-refractivity contribution is -0.155. The number of aryl methyl sites for hydroxylation is 1. The molecule has 24 heavy (non-hydrogen) atoms. The van der Waals surface area contributed by atoms with Crippen molar-refractivity contribution in [3.05, 3.63) is 30.1 Å². The molecular formula is C18H25N3O3. The molecule has 0 bridgehead atoms. The van der Waals surface area contributed by atoms with Crippen molar-refractivity contribution >= 4 is 11.8 Å². The van der Waals surface area contributed by atoms with E-state index >= 15 is 0 Å². The van der Waals surface area contributed by atoms with E-state index in [-0.39, 0.29) is 18.4 Å². The molecule has 0 radical (unpaired) electrons. The smallest absolute Gasteiger partial charge is 0.248 e. The number of hydrogen-bond donors (Lipinski definition) is 1. The Kier molecular flexibility index (Phi) is 5.14. The number of likely N-dealkylation sites (tertiary alicyclic amines) is 2. The standard InChI is InChI=1S/C18H25N3O3/c22-14-13-20-11-3-8-18(17(20)24)9-4-12-21(18)16(23)7-6-15-5-1-2-10-19-15/h1-2,5,10,22H,3-4,6-9,11-14H2. The van der Waals surface area contributed by atoms with Gasteiger partial charge in [-0.25, -0.2) is 0 Å². The number of hydrogen-bond acceptors (Lipinski definition) is 4. The van der Waals surface area contributed by atoms with E-state index in [0.29, 0.717) is 32.5 Å². The third-order valence-corrected chi connectivity index (χ3v) is 5.18. The Labute approximate surface area is 142 Å². The first-order valence-corrected chi connectivity index (χ1v) is 8.78. The van der Waals surface area contributed by atoms with Crippen LogP contribution < -0.4 is 0 Å². The Bertz CT molecular complexity index is 590. The highest BCUT2D eigenvalue weighted by atomic mass is 16.3. The summed E-state index contributed by atoms with van der Waals surface area (Å²) < 4.78 is 0. The van der Waals surface area contributed by atoms with Crippen LogP contribution in [0.4, 0.5) is 0 Å². The van der Waals surface area contributed by atoms with Crippen LogP contribution in [0.5, 0.6) is 0 Å². The summed E-state index contributed by atoms with van der Waals surface area (Å²) in [5.41, 5.74) is 0.227. The van der Waals surface area contributed by atoms with E-state index in [1.165, 1.54) is 0 Å². The largest absolute Gasteiger partial charge is 0.395 e. The van der Waals surface area contributed by atoms with Crippen LogP contribution in [0.1, 0.15) is 37.8 Å². The van der Waals surface area contributed by atoms with Crippen LogP contribution in [0.3, 0.4) is 0 Å². The van der Waals surface area contributed by atoms with Gasteiger partial charge in [-0.15, -0.1) is 0 Å². The van der Waals surface area contributed by atoms with Gasteiger partial charge in [-0.1, -0.05) is 6.07 Å². The van der Waals surface area contributed by atoms with E-state index in [1.54, 1.807) is 11.1 Å². The fraction of sp³-hybridized carbons (Fsp3) is 0.611. The maximum atomic E-state index is 12.9. The summed E-state index contributed by atoms with van der Waals surface area (Å²) in [6.45, 7) is 1.66. The third-order valence-electron chi connectivity index (χ3n) is 5.18. The predicted octanol–water partition coefficient (Wildman–Crippen LogP) is 0.990. The lowest BCUT2D eigenvalue weighted by Gasteiger charge is -2.44. The molecule has 1 N–H and O–H groups in total. The molecule has 2 saturated heterocycles. The number of carbonyl (C=O) groups is 2. The molecule has 1 spiro atoms. The van der Waals surface area contributed by atoms with Crippen molar-refractivity contribution in [3.63, 3.8) is 0 Å². The van der Waals surface area contributed by atoms with Crippen molar-refractivity contribution in [3.8, 4) is 0 Å². The number of rotatable bonds is 5. The van der Waals surface area contributed by atoms with Crippen molar-refractivity contribution in [1.82, 2.24) is 14.8 Å². The second-order valence-corrected chi connectivity index (χ2v) is 6.62. The fourth-order valence-electron chi connectivity index (χ4n) is 4.04. The van der Waals surface area contributed by atoms with Gasteiger partial charge in [0.1, 0.15) is 5.54 Å².